The number of nitrogens with one attached hydrogen (secondary N) is 1. The predicted octanol–water partition coefficient (Wildman–Crippen LogP) is 3.45. The molecule has 0 atom stereocenters. The fraction of sp³-hybridized carbons (Fsp3) is 0.308. The summed E-state index contributed by atoms with van der Waals surface area (Å²) in [4.78, 5) is 14.7. The summed E-state index contributed by atoms with van der Waals surface area (Å²) in [5, 5.41) is 17.0. The Bertz CT molecular complexity index is 585. The maximum Gasteiger partial charge on any atom is 0.311 e. The number of hydrogen-bond acceptors (Lipinski definition) is 6. The zero-order valence-electron chi connectivity index (χ0n) is 11.2. The Morgan fingerprint density at radius 1 is 1.50 bits per heavy atom. The number of nitro groups is 1. The quantitative estimate of drug-likeness (QED) is 0.652. The average molecular weight is 293 g/mol. The molecule has 20 heavy (non-hydrogen) atoms. The van der Waals surface area contributed by atoms with Gasteiger partial charge in [0.15, 0.2) is 5.75 Å². The zero-order chi connectivity index (χ0) is 14.5. The first-order chi connectivity index (χ1) is 9.56. The fourth-order valence-corrected chi connectivity index (χ4v) is 2.20. The van der Waals surface area contributed by atoms with Crippen LogP contribution in [-0.4, -0.2) is 16.0 Å². The SMILES string of the molecule is CC(C)Oc1cc(NCc2nccs2)ccc1[N+](=O)[O-]. The maximum atomic E-state index is 11.0. The third-order valence-corrected chi connectivity index (χ3v) is 3.23. The van der Waals surface area contributed by atoms with Gasteiger partial charge in [0, 0.05) is 29.4 Å². The van der Waals surface area contributed by atoms with Crippen LogP contribution in [0.15, 0.2) is 29.8 Å². The van der Waals surface area contributed by atoms with Gasteiger partial charge in [0.2, 0.25) is 0 Å². The van der Waals surface area contributed by atoms with Crippen LogP contribution < -0.4 is 10.1 Å². The molecule has 0 saturated carbocycles. The first-order valence-corrected chi connectivity index (χ1v) is 7.01. The smallest absolute Gasteiger partial charge is 0.311 e. The second-order valence-corrected chi connectivity index (χ2v) is 5.36. The molecule has 0 unspecified atom stereocenters. The van der Waals surface area contributed by atoms with Crippen molar-refractivity contribution in [1.82, 2.24) is 4.98 Å². The van der Waals surface area contributed by atoms with Crippen molar-refractivity contribution in [2.75, 3.05) is 5.32 Å². The number of nitro benzene ring substituents is 1. The van der Waals surface area contributed by atoms with Crippen LogP contribution in [0.3, 0.4) is 0 Å². The van der Waals surface area contributed by atoms with Gasteiger partial charge in [-0.2, -0.15) is 0 Å². The molecule has 0 spiro atoms. The van der Waals surface area contributed by atoms with E-state index in [4.69, 9.17) is 4.74 Å². The number of nitrogens with zero attached hydrogens (tertiary/aromatic N) is 2. The molecule has 0 fully saturated rings. The molecule has 1 N–H and O–H groups in total. The van der Waals surface area contributed by atoms with E-state index in [2.05, 4.69) is 10.3 Å². The van der Waals surface area contributed by atoms with Gasteiger partial charge in [0.1, 0.15) is 5.01 Å². The van der Waals surface area contributed by atoms with Crippen molar-refractivity contribution in [2.45, 2.75) is 26.5 Å². The standard InChI is InChI=1S/C13H15N3O3S/c1-9(2)19-12-7-10(3-4-11(12)16(17)18)15-8-13-14-5-6-20-13/h3-7,9,15H,8H2,1-2H3. The molecule has 0 aliphatic heterocycles. The molecule has 1 heterocycles. The van der Waals surface area contributed by atoms with Crippen LogP contribution in [0.25, 0.3) is 0 Å². The molecule has 0 saturated heterocycles. The van der Waals surface area contributed by atoms with Crippen molar-refractivity contribution in [2.24, 2.45) is 0 Å². The Morgan fingerprint density at radius 3 is 2.90 bits per heavy atom. The highest BCUT2D eigenvalue weighted by Gasteiger charge is 2.16. The Balaban J connectivity index is 2.15. The van der Waals surface area contributed by atoms with Crippen LogP contribution in [0, 0.1) is 10.1 Å². The summed E-state index contributed by atoms with van der Waals surface area (Å²) < 4.78 is 5.49. The largest absolute Gasteiger partial charge is 0.484 e. The predicted molar refractivity (Wildman–Crippen MR) is 78.3 cm³/mol. The van der Waals surface area contributed by atoms with Gasteiger partial charge in [-0.05, 0) is 19.9 Å². The number of ether oxygens (including phenoxy) is 1. The van der Waals surface area contributed by atoms with Gasteiger partial charge in [0.25, 0.3) is 0 Å². The van der Waals surface area contributed by atoms with Gasteiger partial charge in [-0.15, -0.1) is 11.3 Å². The Labute approximate surface area is 120 Å². The Kier molecular flexibility index (Phi) is 4.52. The monoisotopic (exact) mass is 293 g/mol. The van der Waals surface area contributed by atoms with Gasteiger partial charge in [-0.25, -0.2) is 4.98 Å². The average Bonchev–Trinajstić information content (AvgIpc) is 2.88. The molecule has 2 aromatic rings. The summed E-state index contributed by atoms with van der Waals surface area (Å²) >= 11 is 1.55. The van der Waals surface area contributed by atoms with E-state index in [1.807, 2.05) is 19.2 Å². The normalized spacial score (nSPS) is 10.6. The number of aromatic nitrogens is 1. The lowest BCUT2D eigenvalue weighted by Gasteiger charge is -2.12. The maximum absolute atomic E-state index is 11.0. The van der Waals surface area contributed by atoms with E-state index in [1.165, 1.54) is 6.07 Å². The zero-order valence-corrected chi connectivity index (χ0v) is 12.0. The van der Waals surface area contributed by atoms with Gasteiger partial charge in [-0.3, -0.25) is 10.1 Å². The number of hydrogen-bond donors (Lipinski definition) is 1. The number of rotatable bonds is 6. The van der Waals surface area contributed by atoms with Gasteiger partial charge >= 0.3 is 5.69 Å². The van der Waals surface area contributed by atoms with Crippen molar-refractivity contribution in [3.63, 3.8) is 0 Å². The third kappa shape index (κ3) is 3.67. The summed E-state index contributed by atoms with van der Waals surface area (Å²) in [5.41, 5.74) is 0.736. The molecular weight excluding hydrogens is 278 g/mol. The van der Waals surface area contributed by atoms with E-state index in [0.717, 1.165) is 10.7 Å². The molecule has 0 radical (unpaired) electrons. The van der Waals surface area contributed by atoms with E-state index < -0.39 is 4.92 Å². The summed E-state index contributed by atoms with van der Waals surface area (Å²) in [6.45, 7) is 4.25. The summed E-state index contributed by atoms with van der Waals surface area (Å²) in [5.74, 6) is 0.272. The summed E-state index contributed by atoms with van der Waals surface area (Å²) in [6, 6.07) is 4.76. The van der Waals surface area contributed by atoms with Gasteiger partial charge in [-0.1, -0.05) is 0 Å². The molecule has 106 valence electrons. The third-order valence-electron chi connectivity index (χ3n) is 2.45. The van der Waals surface area contributed by atoms with Crippen molar-refractivity contribution in [1.29, 1.82) is 0 Å². The Hall–Kier alpha value is -2.15. The molecule has 0 amide bonds. The highest BCUT2D eigenvalue weighted by atomic mass is 32.1. The highest BCUT2D eigenvalue weighted by Crippen LogP contribution is 2.31. The summed E-state index contributed by atoms with van der Waals surface area (Å²) in [6.07, 6.45) is 1.62. The number of anilines is 1. The molecule has 0 aliphatic carbocycles. The van der Waals surface area contributed by atoms with Gasteiger partial charge in [0.05, 0.1) is 17.6 Å². The molecule has 1 aromatic heterocycles. The first kappa shape index (κ1) is 14.3. The minimum Gasteiger partial charge on any atom is -0.484 e. The van der Waals surface area contributed by atoms with E-state index >= 15 is 0 Å². The van der Waals surface area contributed by atoms with E-state index in [9.17, 15) is 10.1 Å². The molecule has 2 rings (SSSR count). The first-order valence-electron chi connectivity index (χ1n) is 6.13. The number of benzene rings is 1. The molecule has 0 aliphatic rings. The second kappa shape index (κ2) is 6.33. The van der Waals surface area contributed by atoms with E-state index in [0.29, 0.717) is 6.54 Å². The second-order valence-electron chi connectivity index (χ2n) is 4.39. The Morgan fingerprint density at radius 2 is 2.30 bits per heavy atom. The van der Waals surface area contributed by atoms with Crippen molar-refractivity contribution in [3.05, 3.63) is 44.9 Å². The van der Waals surface area contributed by atoms with Crippen LogP contribution in [-0.2, 0) is 6.54 Å². The minimum atomic E-state index is -0.442. The topological polar surface area (TPSA) is 77.3 Å². The van der Waals surface area contributed by atoms with Crippen molar-refractivity contribution >= 4 is 22.7 Å². The highest BCUT2D eigenvalue weighted by molar-refractivity contribution is 7.09. The van der Waals surface area contributed by atoms with Crippen molar-refractivity contribution in [3.8, 4) is 5.75 Å². The number of thiazole rings is 1. The minimum absolute atomic E-state index is 0.0292. The van der Waals surface area contributed by atoms with Crippen LogP contribution in [0.1, 0.15) is 18.9 Å². The molecule has 0 bridgehead atoms. The van der Waals surface area contributed by atoms with Crippen molar-refractivity contribution < 1.29 is 9.66 Å². The lowest BCUT2D eigenvalue weighted by atomic mass is 10.2. The molecular formula is C13H15N3O3S. The lowest BCUT2D eigenvalue weighted by Crippen LogP contribution is -2.08. The fourth-order valence-electron chi connectivity index (χ4n) is 1.64. The van der Waals surface area contributed by atoms with E-state index in [1.54, 1.807) is 29.7 Å². The van der Waals surface area contributed by atoms with Crippen LogP contribution in [0.5, 0.6) is 5.75 Å². The lowest BCUT2D eigenvalue weighted by molar-refractivity contribution is -0.386. The van der Waals surface area contributed by atoms with Crippen LogP contribution in [0.4, 0.5) is 11.4 Å². The molecule has 7 heteroatoms. The van der Waals surface area contributed by atoms with Crippen LogP contribution >= 0.6 is 11.3 Å². The van der Waals surface area contributed by atoms with E-state index in [-0.39, 0.29) is 17.5 Å². The summed E-state index contributed by atoms with van der Waals surface area (Å²) in [7, 11) is 0. The molecule has 6 nitrogen and oxygen atoms in total. The van der Waals surface area contributed by atoms with Crippen LogP contribution in [0.2, 0.25) is 0 Å². The van der Waals surface area contributed by atoms with Gasteiger partial charge < -0.3 is 10.1 Å². The molecule has 1 aromatic carbocycles.